The molecule has 0 heterocycles. The van der Waals surface area contributed by atoms with E-state index in [0.29, 0.717) is 23.4 Å². The fourth-order valence-corrected chi connectivity index (χ4v) is 5.11. The van der Waals surface area contributed by atoms with E-state index in [-0.39, 0.29) is 0 Å². The average molecular weight is 337 g/mol. The maximum atomic E-state index is 13.0. The number of rotatable bonds is 2. The maximum Gasteiger partial charge on any atom is 0.186 e. The Labute approximate surface area is 139 Å². The molecule has 0 unspecified atom stereocenters. The lowest BCUT2D eigenvalue weighted by Crippen LogP contribution is -2.31. The highest BCUT2D eigenvalue weighted by molar-refractivity contribution is 7.92. The smallest absolute Gasteiger partial charge is 0.186 e. The molecule has 128 valence electrons. The van der Waals surface area contributed by atoms with Crippen LogP contribution in [-0.2, 0) is 9.84 Å². The zero-order valence-electron chi connectivity index (χ0n) is 13.7. The molecule has 1 fully saturated rings. The van der Waals surface area contributed by atoms with Crippen LogP contribution in [0.2, 0.25) is 0 Å². The third-order valence-corrected chi connectivity index (χ3v) is 6.78. The molecular formula is C18H27NO3S. The maximum absolute atomic E-state index is 13.0. The van der Waals surface area contributed by atoms with Crippen LogP contribution in [-0.4, -0.2) is 24.6 Å². The summed E-state index contributed by atoms with van der Waals surface area (Å²) in [5.41, 5.74) is 0.425. The first-order valence-corrected chi connectivity index (χ1v) is 10.2. The summed E-state index contributed by atoms with van der Waals surface area (Å²) in [4.78, 5) is 0.318. The van der Waals surface area contributed by atoms with Crippen LogP contribution in [0.4, 0.5) is 0 Å². The average Bonchev–Trinajstić information content (AvgIpc) is 2.56. The summed E-state index contributed by atoms with van der Waals surface area (Å²) in [6, 6.07) is 8.53. The summed E-state index contributed by atoms with van der Waals surface area (Å²) in [5, 5.41) is 12.1. The Hall–Kier alpha value is -1.36. The van der Waals surface area contributed by atoms with Crippen molar-refractivity contribution < 1.29 is 13.6 Å². The first-order valence-electron chi connectivity index (χ1n) is 8.66. The molecular weight excluding hydrogens is 310 g/mol. The molecule has 1 aliphatic carbocycles. The van der Waals surface area contributed by atoms with Gasteiger partial charge in [0.25, 0.3) is 0 Å². The molecule has 1 atom stereocenters. The van der Waals surface area contributed by atoms with E-state index in [1.807, 2.05) is 0 Å². The molecule has 0 aromatic heterocycles. The SMILES string of the molecule is O=S(=O)(c1ccccc1)[C@H]1CCCCCCCCCC/C1=N\O. The molecule has 0 bridgehead atoms. The van der Waals surface area contributed by atoms with Gasteiger partial charge in [0.05, 0.1) is 10.6 Å². The molecule has 0 saturated heterocycles. The van der Waals surface area contributed by atoms with Gasteiger partial charge in [0.1, 0.15) is 5.25 Å². The van der Waals surface area contributed by atoms with E-state index in [1.54, 1.807) is 30.3 Å². The van der Waals surface area contributed by atoms with Gasteiger partial charge in [0.15, 0.2) is 9.84 Å². The first kappa shape index (κ1) is 18.0. The van der Waals surface area contributed by atoms with Crippen molar-refractivity contribution in [2.45, 2.75) is 74.4 Å². The lowest BCUT2D eigenvalue weighted by molar-refractivity contribution is 0.315. The second kappa shape index (κ2) is 9.06. The summed E-state index contributed by atoms with van der Waals surface area (Å²) in [5.74, 6) is 0. The topological polar surface area (TPSA) is 66.7 Å². The van der Waals surface area contributed by atoms with Gasteiger partial charge in [-0.3, -0.25) is 0 Å². The normalized spacial score (nSPS) is 23.8. The number of nitrogens with zero attached hydrogens (tertiary/aromatic N) is 1. The summed E-state index contributed by atoms with van der Waals surface area (Å²) >= 11 is 0. The number of sulfone groups is 1. The van der Waals surface area contributed by atoms with E-state index < -0.39 is 15.1 Å². The monoisotopic (exact) mass is 337 g/mol. The Morgan fingerprint density at radius 2 is 1.43 bits per heavy atom. The van der Waals surface area contributed by atoms with Crippen molar-refractivity contribution in [3.05, 3.63) is 30.3 Å². The number of hydrogen-bond donors (Lipinski definition) is 1. The third-order valence-electron chi connectivity index (χ3n) is 4.60. The van der Waals surface area contributed by atoms with Crippen molar-refractivity contribution in [1.29, 1.82) is 0 Å². The van der Waals surface area contributed by atoms with Crippen molar-refractivity contribution in [2.75, 3.05) is 0 Å². The Bertz CT molecular complexity index is 596. The van der Waals surface area contributed by atoms with Gasteiger partial charge in [-0.1, -0.05) is 68.3 Å². The summed E-state index contributed by atoms with van der Waals surface area (Å²) in [6.07, 6.45) is 9.77. The predicted molar refractivity (Wildman–Crippen MR) is 92.8 cm³/mol. The molecule has 5 heteroatoms. The minimum atomic E-state index is -3.50. The summed E-state index contributed by atoms with van der Waals surface area (Å²) < 4.78 is 26.0. The molecule has 0 aliphatic heterocycles. The van der Waals surface area contributed by atoms with Crippen molar-refractivity contribution in [2.24, 2.45) is 5.16 Å². The van der Waals surface area contributed by atoms with Crippen LogP contribution in [0.25, 0.3) is 0 Å². The van der Waals surface area contributed by atoms with Gasteiger partial charge in [-0.05, 0) is 31.4 Å². The second-order valence-electron chi connectivity index (χ2n) is 6.31. The fourth-order valence-electron chi connectivity index (χ4n) is 3.25. The van der Waals surface area contributed by atoms with Crippen LogP contribution >= 0.6 is 0 Å². The number of benzene rings is 1. The van der Waals surface area contributed by atoms with E-state index >= 15 is 0 Å². The van der Waals surface area contributed by atoms with Gasteiger partial charge in [-0.25, -0.2) is 8.42 Å². The highest BCUT2D eigenvalue weighted by Crippen LogP contribution is 2.25. The molecule has 1 aromatic rings. The molecule has 2 rings (SSSR count). The number of oxime groups is 1. The van der Waals surface area contributed by atoms with Crippen LogP contribution in [0.5, 0.6) is 0 Å². The second-order valence-corrected chi connectivity index (χ2v) is 8.44. The molecule has 1 aromatic carbocycles. The highest BCUT2D eigenvalue weighted by Gasteiger charge is 2.31. The van der Waals surface area contributed by atoms with E-state index in [2.05, 4.69) is 5.16 Å². The first-order chi connectivity index (χ1) is 11.2. The van der Waals surface area contributed by atoms with Crippen LogP contribution in [0.1, 0.15) is 64.2 Å². The van der Waals surface area contributed by atoms with Gasteiger partial charge < -0.3 is 5.21 Å². The molecule has 0 spiro atoms. The minimum absolute atomic E-state index is 0.318. The zero-order chi connectivity index (χ0) is 16.5. The van der Waals surface area contributed by atoms with E-state index in [1.165, 1.54) is 19.3 Å². The predicted octanol–water partition coefficient (Wildman–Crippen LogP) is 4.57. The quantitative estimate of drug-likeness (QED) is 0.635. The van der Waals surface area contributed by atoms with E-state index in [9.17, 15) is 13.6 Å². The Kier molecular flexibility index (Phi) is 7.09. The van der Waals surface area contributed by atoms with Gasteiger partial charge in [0.2, 0.25) is 0 Å². The minimum Gasteiger partial charge on any atom is -0.411 e. The van der Waals surface area contributed by atoms with E-state index in [4.69, 9.17) is 0 Å². The summed E-state index contributed by atoms with van der Waals surface area (Å²) in [7, 11) is -3.50. The number of hydrogen-bond acceptors (Lipinski definition) is 4. The van der Waals surface area contributed by atoms with Crippen LogP contribution in [0.15, 0.2) is 40.4 Å². The Morgan fingerprint density at radius 1 is 0.870 bits per heavy atom. The lowest BCUT2D eigenvalue weighted by atomic mass is 9.99. The largest absolute Gasteiger partial charge is 0.411 e. The highest BCUT2D eigenvalue weighted by atomic mass is 32.2. The van der Waals surface area contributed by atoms with E-state index in [0.717, 1.165) is 32.1 Å². The van der Waals surface area contributed by atoms with Crippen molar-refractivity contribution in [3.8, 4) is 0 Å². The molecule has 1 saturated carbocycles. The van der Waals surface area contributed by atoms with Gasteiger partial charge in [0, 0.05) is 0 Å². The van der Waals surface area contributed by atoms with Gasteiger partial charge in [-0.2, -0.15) is 0 Å². The van der Waals surface area contributed by atoms with Crippen LogP contribution in [0.3, 0.4) is 0 Å². The Morgan fingerprint density at radius 3 is 2.04 bits per heavy atom. The van der Waals surface area contributed by atoms with Crippen LogP contribution in [0, 0.1) is 0 Å². The molecule has 1 aliphatic rings. The Balaban J connectivity index is 2.24. The van der Waals surface area contributed by atoms with Gasteiger partial charge in [-0.15, -0.1) is 0 Å². The van der Waals surface area contributed by atoms with Crippen LogP contribution < -0.4 is 0 Å². The van der Waals surface area contributed by atoms with Crippen molar-refractivity contribution in [3.63, 3.8) is 0 Å². The molecule has 1 N–H and O–H groups in total. The third kappa shape index (κ3) is 5.06. The standard InChI is InChI=1S/C18H27NO3S/c20-19-17-14-10-5-3-1-2-4-6-11-15-18(17)23(21,22)16-12-8-7-9-13-16/h7-9,12-13,18,20H,1-6,10-11,14-15H2/b19-17+/t18-/m0/s1. The summed E-state index contributed by atoms with van der Waals surface area (Å²) in [6.45, 7) is 0. The molecule has 4 nitrogen and oxygen atoms in total. The van der Waals surface area contributed by atoms with Crippen molar-refractivity contribution >= 4 is 15.5 Å². The zero-order valence-corrected chi connectivity index (χ0v) is 14.5. The lowest BCUT2D eigenvalue weighted by Gasteiger charge is -2.20. The molecule has 23 heavy (non-hydrogen) atoms. The molecule has 0 radical (unpaired) electrons. The van der Waals surface area contributed by atoms with Gasteiger partial charge >= 0.3 is 0 Å². The molecule has 0 amide bonds. The van der Waals surface area contributed by atoms with Crippen molar-refractivity contribution in [1.82, 2.24) is 0 Å². The fraction of sp³-hybridized carbons (Fsp3) is 0.611.